The summed E-state index contributed by atoms with van der Waals surface area (Å²) in [4.78, 5) is 0. The van der Waals surface area contributed by atoms with Crippen LogP contribution in [0.5, 0.6) is 0 Å². The maximum Gasteiger partial charge on any atom is 0 e. The zero-order valence-corrected chi connectivity index (χ0v) is 6.73. The van der Waals surface area contributed by atoms with Gasteiger partial charge in [-0.15, -0.1) is 0 Å². The fraction of sp³-hybridized carbons (Fsp3) is 0. The first-order valence-corrected chi connectivity index (χ1v) is 0. The molecule has 0 aliphatic rings. The summed E-state index contributed by atoms with van der Waals surface area (Å²) in [7, 11) is 0. The van der Waals surface area contributed by atoms with Gasteiger partial charge >= 0.3 is 0 Å². The van der Waals surface area contributed by atoms with Crippen molar-refractivity contribution in [2.45, 2.75) is 0 Å². The van der Waals surface area contributed by atoms with Crippen molar-refractivity contribution in [3.05, 3.63) is 0 Å². The van der Waals surface area contributed by atoms with Crippen molar-refractivity contribution >= 4 is 24.4 Å². The topological polar surface area (TPSA) is 0 Å². The maximum absolute atomic E-state index is 0. The Morgan fingerprint density at radius 1 is 0.500 bits per heavy atom. The van der Waals surface area contributed by atoms with E-state index in [1.54, 1.807) is 0 Å². The molecule has 4 heavy (non-hydrogen) atoms. The van der Waals surface area contributed by atoms with Crippen molar-refractivity contribution < 1.29 is 51.2 Å². The normalized spacial score (nSPS) is 0. The van der Waals surface area contributed by atoms with Gasteiger partial charge in [0.05, 0.1) is 0 Å². The minimum Gasteiger partial charge on any atom is 0 e. The van der Waals surface area contributed by atoms with Crippen LogP contribution in [0, 0.1) is 0 Å². The Balaban J connectivity index is 0. The summed E-state index contributed by atoms with van der Waals surface area (Å²) in [5, 5.41) is 0. The Bertz CT molecular complexity index is 3.25. The average molecular weight is 312 g/mol. The second-order valence-electron chi connectivity index (χ2n) is 0. The largest absolute Gasteiger partial charge is 0 e. The summed E-state index contributed by atoms with van der Waals surface area (Å²) in [6, 6.07) is 0. The molecule has 0 fully saturated rings. The van der Waals surface area contributed by atoms with E-state index < -0.39 is 0 Å². The van der Waals surface area contributed by atoms with E-state index in [0.717, 1.165) is 0 Å². The summed E-state index contributed by atoms with van der Waals surface area (Å²) in [5.74, 6) is 0. The first-order valence-electron chi connectivity index (χ1n) is 0. The molecule has 0 N–H and O–H groups in total. The van der Waals surface area contributed by atoms with E-state index in [1.165, 1.54) is 0 Å². The maximum atomic E-state index is 0. The monoisotopic (exact) mass is 310 g/mol. The van der Waals surface area contributed by atoms with Gasteiger partial charge in [0.2, 0.25) is 0 Å². The molecule has 0 heterocycles. The van der Waals surface area contributed by atoms with Gasteiger partial charge in [0.15, 0.2) is 0 Å². The first kappa shape index (κ1) is 32.6. The summed E-state index contributed by atoms with van der Waals surface area (Å²) in [5.41, 5.74) is 0. The number of rotatable bonds is 0. The van der Waals surface area contributed by atoms with E-state index in [0.29, 0.717) is 0 Å². The van der Waals surface area contributed by atoms with E-state index in [9.17, 15) is 0 Å². The average Bonchev–Trinajstić information content (AvgIpc) is 0. The molecule has 0 saturated carbocycles. The molecule has 0 rings (SSSR count). The molecule has 0 amide bonds. The molecule has 0 aromatic heterocycles. The molecule has 0 aliphatic heterocycles. The first-order chi connectivity index (χ1) is 0. The Hall–Kier alpha value is 2.38. The Morgan fingerprint density at radius 2 is 0.500 bits per heavy atom. The molecular weight excluding hydrogens is 312 g/mol. The van der Waals surface area contributed by atoms with Gasteiger partial charge in [-0.2, -0.15) is 0 Å². The third-order valence-electron chi connectivity index (χ3n) is 0. The van der Waals surface area contributed by atoms with Crippen molar-refractivity contribution in [1.29, 1.82) is 0 Å². The van der Waals surface area contributed by atoms with E-state index >= 15 is 0 Å². The zero-order chi connectivity index (χ0) is 0. The quantitative estimate of drug-likeness (QED) is 0.535. The van der Waals surface area contributed by atoms with Crippen molar-refractivity contribution in [3.63, 3.8) is 0 Å². The van der Waals surface area contributed by atoms with Crippen LogP contribution in [0.15, 0.2) is 0 Å². The van der Waals surface area contributed by atoms with Crippen LogP contribution < -0.4 is 0 Å². The predicted molar refractivity (Wildman–Crippen MR) is 5.75 cm³/mol. The van der Waals surface area contributed by atoms with Gasteiger partial charge in [-0.3, -0.25) is 0 Å². The molecule has 0 nitrogen and oxygen atoms in total. The van der Waals surface area contributed by atoms with Crippen LogP contribution in [-0.2, 0) is 51.2 Å². The predicted octanol–water partition coefficient (Wildman–Crippen LogP) is -0.388. The van der Waals surface area contributed by atoms with Crippen LogP contribution in [0.1, 0.15) is 0 Å². The minimum atomic E-state index is 0. The molecule has 0 atom stereocenters. The Morgan fingerprint density at radius 3 is 0.500 bits per heavy atom. The van der Waals surface area contributed by atoms with Crippen molar-refractivity contribution in [1.82, 2.24) is 0 Å². The summed E-state index contributed by atoms with van der Waals surface area (Å²) < 4.78 is 0. The van der Waals surface area contributed by atoms with E-state index in [4.69, 9.17) is 0 Å². The molecule has 0 aromatic rings. The molecule has 0 aliphatic carbocycles. The molecule has 0 unspecified atom stereocenters. The van der Waals surface area contributed by atoms with E-state index in [1.807, 2.05) is 0 Å². The molecular formula is Cu3Sb. The standard InChI is InChI=1S/3Cu.Sb. The Labute approximate surface area is 74.7 Å². The van der Waals surface area contributed by atoms with Crippen LogP contribution >= 0.6 is 0 Å². The molecule has 0 aromatic carbocycles. The zero-order valence-electron chi connectivity index (χ0n) is 1.35. The van der Waals surface area contributed by atoms with Gasteiger partial charge in [-0.1, -0.05) is 0 Å². The smallest absolute Gasteiger partial charge is 0 e. The molecule has 6 radical (unpaired) electrons. The molecule has 0 saturated heterocycles. The molecule has 38 valence electrons. The molecule has 4 heteroatoms. The molecule has 0 bridgehead atoms. The third kappa shape index (κ3) is 8.83. The van der Waals surface area contributed by atoms with E-state index in [-0.39, 0.29) is 75.6 Å². The fourth-order valence-corrected chi connectivity index (χ4v) is 0. The minimum absolute atomic E-state index is 0. The second kappa shape index (κ2) is 18.2. The van der Waals surface area contributed by atoms with Crippen LogP contribution in [0.4, 0.5) is 0 Å². The molecule has 0 spiro atoms. The van der Waals surface area contributed by atoms with Gasteiger partial charge in [0, 0.05) is 75.6 Å². The summed E-state index contributed by atoms with van der Waals surface area (Å²) in [6.45, 7) is 0. The van der Waals surface area contributed by atoms with Gasteiger partial charge in [-0.25, -0.2) is 0 Å². The van der Waals surface area contributed by atoms with Crippen LogP contribution in [0.3, 0.4) is 0 Å². The van der Waals surface area contributed by atoms with E-state index in [2.05, 4.69) is 0 Å². The second-order valence-corrected chi connectivity index (χ2v) is 0. The number of hydrogen-bond donors (Lipinski definition) is 0. The van der Waals surface area contributed by atoms with Crippen LogP contribution in [-0.4, -0.2) is 24.4 Å². The third-order valence-corrected chi connectivity index (χ3v) is 0. The van der Waals surface area contributed by atoms with Crippen molar-refractivity contribution in [2.24, 2.45) is 0 Å². The van der Waals surface area contributed by atoms with Gasteiger partial charge in [0.25, 0.3) is 0 Å². The van der Waals surface area contributed by atoms with Gasteiger partial charge in [-0.05, 0) is 0 Å². The van der Waals surface area contributed by atoms with Crippen LogP contribution in [0.2, 0.25) is 0 Å². The fourth-order valence-electron chi connectivity index (χ4n) is 0. The number of hydrogen-bond acceptors (Lipinski definition) is 0. The van der Waals surface area contributed by atoms with Gasteiger partial charge in [0.1, 0.15) is 0 Å². The SMILES string of the molecule is [Cu].[Cu].[Cu].[Sb]. The van der Waals surface area contributed by atoms with Crippen molar-refractivity contribution in [3.8, 4) is 0 Å². The van der Waals surface area contributed by atoms with Crippen LogP contribution in [0.25, 0.3) is 0 Å². The summed E-state index contributed by atoms with van der Waals surface area (Å²) in [6.07, 6.45) is 0. The Kier molecular flexibility index (Phi) is 149. The summed E-state index contributed by atoms with van der Waals surface area (Å²) >= 11 is 0. The van der Waals surface area contributed by atoms with Gasteiger partial charge < -0.3 is 0 Å². The van der Waals surface area contributed by atoms with Crippen molar-refractivity contribution in [2.75, 3.05) is 0 Å².